The molecule has 1 aromatic carbocycles. The maximum atomic E-state index is 13.5. The summed E-state index contributed by atoms with van der Waals surface area (Å²) in [5.74, 6) is -6.11. The number of hydrogen-bond donors (Lipinski definition) is 6. The second-order valence-electron chi connectivity index (χ2n) is 10.2. The van der Waals surface area contributed by atoms with Crippen molar-refractivity contribution >= 4 is 23.2 Å². The van der Waals surface area contributed by atoms with Gasteiger partial charge in [-0.15, -0.1) is 0 Å². The van der Waals surface area contributed by atoms with Gasteiger partial charge in [-0.25, -0.2) is 0 Å². The van der Waals surface area contributed by atoms with Crippen LogP contribution in [-0.4, -0.2) is 49.5 Å². The Balaban J connectivity index is 1.55. The molecule has 0 unspecified atom stereocenters. The highest BCUT2D eigenvalue weighted by atomic mass is 16.3. The maximum absolute atomic E-state index is 13.5. The van der Waals surface area contributed by atoms with Gasteiger partial charge in [0.05, 0.1) is 5.56 Å². The maximum Gasteiger partial charge on any atom is 0.255 e. The zero-order valence-electron chi connectivity index (χ0n) is 19.3. The molecule has 3 atom stereocenters. The minimum Gasteiger partial charge on any atom is -0.508 e. The lowest BCUT2D eigenvalue weighted by Gasteiger charge is -2.46. The van der Waals surface area contributed by atoms with Gasteiger partial charge in [-0.3, -0.25) is 14.4 Å². The molecule has 0 aliphatic heterocycles. The number of nitrogens with two attached hydrogens (primary N) is 1. The van der Waals surface area contributed by atoms with E-state index in [1.807, 2.05) is 0 Å². The number of carbonyl (C=O) groups excluding carboxylic acids is 3. The molecule has 4 aliphatic carbocycles. The highest BCUT2D eigenvalue weighted by Gasteiger charge is 2.60. The van der Waals surface area contributed by atoms with Crippen LogP contribution in [0, 0.1) is 11.8 Å². The normalized spacial score (nSPS) is 29.1. The zero-order valence-corrected chi connectivity index (χ0v) is 19.3. The largest absolute Gasteiger partial charge is 0.508 e. The summed E-state index contributed by atoms with van der Waals surface area (Å²) < 4.78 is 0. The third-order valence-electron chi connectivity index (χ3n) is 8.23. The van der Waals surface area contributed by atoms with E-state index >= 15 is 0 Å². The molecule has 0 saturated heterocycles. The van der Waals surface area contributed by atoms with E-state index in [0.29, 0.717) is 19.0 Å². The Morgan fingerprint density at radius 1 is 1.09 bits per heavy atom. The SMILES string of the molecule is NC(=O)C1=C(O)[C@@]2(O)C(=O)C3=C(O)c4c(O)ccc(CNC5CCCCC5)c4C[C@H]3C[C@H]2CC1=O. The van der Waals surface area contributed by atoms with Crippen molar-refractivity contribution in [1.29, 1.82) is 0 Å². The number of phenolic OH excluding ortho intramolecular Hbond substituents is 1. The van der Waals surface area contributed by atoms with Crippen LogP contribution in [0.2, 0.25) is 0 Å². The van der Waals surface area contributed by atoms with Crippen LogP contribution in [0.5, 0.6) is 5.75 Å². The summed E-state index contributed by atoms with van der Waals surface area (Å²) in [6, 6.07) is 3.69. The van der Waals surface area contributed by atoms with Gasteiger partial charge < -0.3 is 31.5 Å². The van der Waals surface area contributed by atoms with Crippen LogP contribution in [0.3, 0.4) is 0 Å². The van der Waals surface area contributed by atoms with Gasteiger partial charge in [-0.2, -0.15) is 0 Å². The average Bonchev–Trinajstić information content (AvgIpc) is 2.81. The molecule has 0 heterocycles. The van der Waals surface area contributed by atoms with Crippen LogP contribution >= 0.6 is 0 Å². The van der Waals surface area contributed by atoms with Gasteiger partial charge in [-0.1, -0.05) is 25.3 Å². The quantitative estimate of drug-likeness (QED) is 0.353. The standard InChI is InChI=1S/C26H30N2O7/c27-25(34)21-18(30)10-14-8-13-9-16-12(11-28-15-4-2-1-3-5-15)6-7-17(29)20(16)22(31)19(13)23(32)26(14,35)24(21)33/h6-7,13-15,28-29,31,33,35H,1-5,8-11H2,(H2,27,34)/t13-,14+,26+/m1/s1. The summed E-state index contributed by atoms with van der Waals surface area (Å²) in [4.78, 5) is 37.7. The molecule has 0 radical (unpaired) electrons. The Bertz CT molecular complexity index is 1190. The number of benzene rings is 1. The summed E-state index contributed by atoms with van der Waals surface area (Å²) in [5, 5.41) is 47.2. The van der Waals surface area contributed by atoms with Gasteiger partial charge in [-0.05, 0) is 48.8 Å². The third-order valence-corrected chi connectivity index (χ3v) is 8.23. The van der Waals surface area contributed by atoms with E-state index < -0.39 is 52.0 Å². The fourth-order valence-electron chi connectivity index (χ4n) is 6.41. The Morgan fingerprint density at radius 3 is 2.49 bits per heavy atom. The van der Waals surface area contributed by atoms with Crippen LogP contribution in [0.4, 0.5) is 0 Å². The first-order valence-corrected chi connectivity index (χ1v) is 12.2. The molecule has 4 aliphatic rings. The number of nitrogens with one attached hydrogen (secondary N) is 1. The van der Waals surface area contributed by atoms with Gasteiger partial charge in [0.25, 0.3) is 5.91 Å². The van der Waals surface area contributed by atoms with Gasteiger partial charge in [0, 0.05) is 30.5 Å². The number of amides is 1. The fourth-order valence-corrected chi connectivity index (χ4v) is 6.41. The number of fused-ring (bicyclic) bond motifs is 3. The molecule has 0 spiro atoms. The number of aliphatic hydroxyl groups excluding tert-OH is 2. The first kappa shape index (κ1) is 23.6. The van der Waals surface area contributed by atoms with Crippen LogP contribution in [0.15, 0.2) is 29.0 Å². The van der Waals surface area contributed by atoms with E-state index in [-0.39, 0.29) is 29.7 Å². The Labute approximate surface area is 202 Å². The monoisotopic (exact) mass is 482 g/mol. The number of phenols is 1. The molecule has 0 aromatic heterocycles. The number of Topliss-reactive ketones (excluding diaryl/α,β-unsaturated/α-hetero) is 2. The molecule has 2 saturated carbocycles. The van der Waals surface area contributed by atoms with E-state index in [1.165, 1.54) is 25.3 Å². The Hall–Kier alpha value is -3.17. The molecule has 0 bridgehead atoms. The predicted molar refractivity (Wildman–Crippen MR) is 125 cm³/mol. The summed E-state index contributed by atoms with van der Waals surface area (Å²) in [5.41, 5.74) is 3.54. The molecule has 2 fully saturated rings. The summed E-state index contributed by atoms with van der Waals surface area (Å²) >= 11 is 0. The highest BCUT2D eigenvalue weighted by molar-refractivity contribution is 6.22. The van der Waals surface area contributed by atoms with E-state index in [1.54, 1.807) is 6.07 Å². The zero-order chi connectivity index (χ0) is 25.1. The molecule has 7 N–H and O–H groups in total. The van der Waals surface area contributed by atoms with Gasteiger partial charge >= 0.3 is 0 Å². The number of carbonyl (C=O) groups is 3. The number of aromatic hydroxyl groups is 1. The molecule has 1 aromatic rings. The number of hydrogen-bond acceptors (Lipinski definition) is 8. The second kappa shape index (κ2) is 8.49. The van der Waals surface area contributed by atoms with Crippen molar-refractivity contribution < 1.29 is 34.8 Å². The molecule has 9 nitrogen and oxygen atoms in total. The van der Waals surface area contributed by atoms with Gasteiger partial charge in [0.15, 0.2) is 11.4 Å². The number of aliphatic hydroxyl groups is 3. The smallest absolute Gasteiger partial charge is 0.255 e. The fraction of sp³-hybridized carbons (Fsp3) is 0.500. The van der Waals surface area contributed by atoms with Gasteiger partial charge in [0.2, 0.25) is 5.78 Å². The number of ketones is 2. The first-order valence-electron chi connectivity index (χ1n) is 12.2. The lowest BCUT2D eigenvalue weighted by atomic mass is 9.59. The van der Waals surface area contributed by atoms with E-state index in [2.05, 4.69) is 5.32 Å². The van der Waals surface area contributed by atoms with Crippen molar-refractivity contribution in [2.75, 3.05) is 0 Å². The molecule has 5 rings (SSSR count). The second-order valence-corrected chi connectivity index (χ2v) is 10.2. The molecule has 35 heavy (non-hydrogen) atoms. The lowest BCUT2D eigenvalue weighted by molar-refractivity contribution is -0.147. The van der Waals surface area contributed by atoms with Gasteiger partial charge in [0.1, 0.15) is 22.8 Å². The lowest BCUT2D eigenvalue weighted by Crippen LogP contribution is -2.58. The summed E-state index contributed by atoms with van der Waals surface area (Å²) in [7, 11) is 0. The van der Waals surface area contributed by atoms with Crippen LogP contribution < -0.4 is 11.1 Å². The molecular formula is C26H30N2O7. The van der Waals surface area contributed by atoms with Crippen molar-refractivity contribution in [3.63, 3.8) is 0 Å². The van der Waals surface area contributed by atoms with E-state index in [9.17, 15) is 34.8 Å². The highest BCUT2D eigenvalue weighted by Crippen LogP contribution is 2.52. The number of primary amides is 1. The molecule has 186 valence electrons. The molecular weight excluding hydrogens is 452 g/mol. The topological polar surface area (TPSA) is 170 Å². The van der Waals surface area contributed by atoms with Crippen molar-refractivity contribution in [2.45, 2.75) is 69.6 Å². The Morgan fingerprint density at radius 2 is 1.80 bits per heavy atom. The van der Waals surface area contributed by atoms with Crippen LogP contribution in [0.1, 0.15) is 61.6 Å². The first-order chi connectivity index (χ1) is 16.6. The van der Waals surface area contributed by atoms with Crippen molar-refractivity contribution in [3.05, 3.63) is 45.7 Å². The van der Waals surface area contributed by atoms with Crippen molar-refractivity contribution in [3.8, 4) is 5.75 Å². The van der Waals surface area contributed by atoms with E-state index in [4.69, 9.17) is 5.73 Å². The third kappa shape index (κ3) is 3.56. The minimum atomic E-state index is -2.54. The Kier molecular flexibility index (Phi) is 5.72. The van der Waals surface area contributed by atoms with E-state index in [0.717, 1.165) is 24.0 Å². The minimum absolute atomic E-state index is 0.117. The number of rotatable bonds is 4. The summed E-state index contributed by atoms with van der Waals surface area (Å²) in [6.07, 6.45) is 5.95. The van der Waals surface area contributed by atoms with Crippen molar-refractivity contribution in [1.82, 2.24) is 5.32 Å². The van der Waals surface area contributed by atoms with Crippen LogP contribution in [-0.2, 0) is 27.3 Å². The predicted octanol–water partition coefficient (Wildman–Crippen LogP) is 1.85. The molecule has 1 amide bonds. The molecule has 9 heteroatoms. The average molecular weight is 483 g/mol. The van der Waals surface area contributed by atoms with Crippen LogP contribution in [0.25, 0.3) is 5.76 Å². The van der Waals surface area contributed by atoms with Crippen molar-refractivity contribution in [2.24, 2.45) is 17.6 Å². The summed E-state index contributed by atoms with van der Waals surface area (Å²) in [6.45, 7) is 0.550.